The first-order valence-electron chi connectivity index (χ1n) is 24.1. The second-order valence-corrected chi connectivity index (χ2v) is 24.3. The van der Waals surface area contributed by atoms with Crippen molar-refractivity contribution in [2.75, 3.05) is 13.1 Å². The zero-order chi connectivity index (χ0) is 53.6. The van der Waals surface area contributed by atoms with Crippen LogP contribution in [0.5, 0.6) is 0 Å². The van der Waals surface area contributed by atoms with Gasteiger partial charge in [0.25, 0.3) is 11.8 Å². The summed E-state index contributed by atoms with van der Waals surface area (Å²) in [7, 11) is 0. The lowest BCUT2D eigenvalue weighted by Crippen LogP contribution is -2.46. The molecule has 2 amide bonds. The molecule has 14 nitrogen and oxygen atoms in total. The standard InChI is InChI=1S/C56H42N4O10S7/c1-3-59-47(61)45(76-53(59)71)57-37-25-35-39(55(37,49(63)67-27-31-17-9-5-10-18-31)50(64)68-28-32-19-11-6-12-20-32)41-43(73-35)44-42(75-41)40-36(74-44)26-38(58-46-48(62)60(4-2)54(72)77-46)56(40,51(65)69-29-33-21-13-7-14-22-33)52(66)70-30-34-23-15-8-16-24-34/h5-26,53,71H,3-4,27-30H2,1-2H3. The van der Waals surface area contributed by atoms with Gasteiger partial charge in [-0.1, -0.05) is 145 Å². The number of amides is 2. The van der Waals surface area contributed by atoms with Crippen LogP contribution in [0, 0.1) is 0 Å². The second-order valence-electron chi connectivity index (χ2n) is 17.7. The minimum atomic E-state index is -2.42. The highest BCUT2D eigenvalue weighted by Crippen LogP contribution is 2.61. The molecule has 3 aromatic heterocycles. The first kappa shape index (κ1) is 52.3. The average Bonchev–Trinajstić information content (AvgIpc) is 4.37. The average molecular weight is 1160 g/mol. The Labute approximate surface area is 472 Å². The molecule has 2 aliphatic heterocycles. The van der Waals surface area contributed by atoms with Crippen molar-refractivity contribution >= 4 is 163 Å². The number of carbonyl (C=O) groups is 6. The van der Waals surface area contributed by atoms with Gasteiger partial charge in [-0.25, -0.2) is 9.98 Å². The number of benzene rings is 4. The number of nitrogens with zero attached hydrogens (tertiary/aromatic N) is 4. The molecule has 77 heavy (non-hydrogen) atoms. The number of aliphatic imine (C=N–C) groups is 2. The van der Waals surface area contributed by atoms with E-state index in [1.54, 1.807) is 116 Å². The van der Waals surface area contributed by atoms with Gasteiger partial charge < -0.3 is 23.8 Å². The van der Waals surface area contributed by atoms with Crippen LogP contribution < -0.4 is 0 Å². The summed E-state index contributed by atoms with van der Waals surface area (Å²) < 4.78 is 26.5. The number of esters is 4. The first-order valence-corrected chi connectivity index (χ1v) is 29.1. The fourth-order valence-electron chi connectivity index (χ4n) is 9.40. The van der Waals surface area contributed by atoms with Crippen LogP contribution in [-0.2, 0) is 85.0 Å². The molecule has 0 spiro atoms. The molecule has 5 heterocycles. The molecule has 2 saturated heterocycles. The fourth-order valence-corrected chi connectivity index (χ4v) is 16.8. The Hall–Kier alpha value is -6.72. The highest BCUT2D eigenvalue weighted by atomic mass is 32.2. The number of hydrogen-bond acceptors (Lipinski definition) is 19. The van der Waals surface area contributed by atoms with E-state index in [-0.39, 0.29) is 69.9 Å². The van der Waals surface area contributed by atoms with Crippen LogP contribution in [0.1, 0.15) is 57.0 Å². The van der Waals surface area contributed by atoms with Crippen molar-refractivity contribution in [3.8, 4) is 0 Å². The summed E-state index contributed by atoms with van der Waals surface area (Å²) >= 11 is 15.9. The number of thiol groups is 1. The molecule has 21 heteroatoms. The topological polar surface area (TPSA) is 171 Å². The van der Waals surface area contributed by atoms with E-state index < -0.39 is 51.2 Å². The quantitative estimate of drug-likeness (QED) is 0.0319. The van der Waals surface area contributed by atoms with E-state index in [0.29, 0.717) is 57.4 Å². The zero-order valence-electron chi connectivity index (χ0n) is 40.8. The van der Waals surface area contributed by atoms with Crippen molar-refractivity contribution in [3.05, 3.63) is 176 Å². The molecule has 4 aliphatic rings. The fraction of sp³-hybridized carbons (Fsp3) is 0.196. The molecule has 11 rings (SSSR count). The lowest BCUT2D eigenvalue weighted by molar-refractivity contribution is -0.166. The minimum absolute atomic E-state index is 0.0142. The maximum Gasteiger partial charge on any atom is 0.334 e. The lowest BCUT2D eigenvalue weighted by atomic mass is 9.80. The third-order valence-electron chi connectivity index (χ3n) is 13.2. The van der Waals surface area contributed by atoms with E-state index in [1.807, 2.05) is 31.2 Å². The van der Waals surface area contributed by atoms with Gasteiger partial charge in [0.05, 0.1) is 30.2 Å². The van der Waals surface area contributed by atoms with Gasteiger partial charge in [-0.3, -0.25) is 33.7 Å². The molecule has 0 saturated carbocycles. The van der Waals surface area contributed by atoms with Crippen molar-refractivity contribution in [1.82, 2.24) is 9.80 Å². The van der Waals surface area contributed by atoms with Crippen LogP contribution in [0.2, 0.25) is 0 Å². The Balaban J connectivity index is 1.13. The van der Waals surface area contributed by atoms with E-state index in [9.17, 15) is 9.59 Å². The smallest absolute Gasteiger partial charge is 0.334 e. The molecule has 2 aliphatic carbocycles. The highest BCUT2D eigenvalue weighted by Gasteiger charge is 2.63. The van der Waals surface area contributed by atoms with Crippen LogP contribution in [0.4, 0.5) is 0 Å². The summed E-state index contributed by atoms with van der Waals surface area (Å²) in [6.45, 7) is 3.29. The van der Waals surface area contributed by atoms with E-state index >= 15 is 19.2 Å². The third kappa shape index (κ3) is 9.14. The van der Waals surface area contributed by atoms with Crippen LogP contribution in [0.25, 0.3) is 31.0 Å². The van der Waals surface area contributed by atoms with Crippen molar-refractivity contribution in [2.24, 2.45) is 9.98 Å². The number of rotatable bonds is 16. The summed E-state index contributed by atoms with van der Waals surface area (Å²) in [5.74, 6) is -4.94. The Morgan fingerprint density at radius 1 is 0.545 bits per heavy atom. The summed E-state index contributed by atoms with van der Waals surface area (Å²) in [6.07, 6.45) is 3.23. The van der Waals surface area contributed by atoms with E-state index in [4.69, 9.17) is 41.2 Å². The van der Waals surface area contributed by atoms with Crippen LogP contribution in [0.15, 0.2) is 143 Å². The summed E-state index contributed by atoms with van der Waals surface area (Å²) in [4.78, 5) is 103. The predicted octanol–water partition coefficient (Wildman–Crippen LogP) is 10.8. The molecular formula is C56H42N4O10S7. The lowest BCUT2D eigenvalue weighted by Gasteiger charge is -2.28. The van der Waals surface area contributed by atoms with Gasteiger partial charge in [0, 0.05) is 34.0 Å². The molecule has 1 atom stereocenters. The molecule has 0 radical (unpaired) electrons. The summed E-state index contributed by atoms with van der Waals surface area (Å²) in [5, 5.41) is -0.0332. The molecule has 4 aromatic carbocycles. The SMILES string of the molecule is CCN1C(=O)C(=NC2=Cc3sc4c(sc5c6c(sc54)C=C(N=C4SC(S)N(CC)C4=O)C6(C(=O)OCc4ccccc4)C(=O)OCc4ccccc4)c3C2(C(=O)OCc2ccccc2)C(=O)OCc2ccccc2)SC1=S. The van der Waals surface area contributed by atoms with Crippen molar-refractivity contribution in [3.63, 3.8) is 0 Å². The summed E-state index contributed by atoms with van der Waals surface area (Å²) in [6, 6.07) is 35.9. The van der Waals surface area contributed by atoms with Gasteiger partial charge >= 0.3 is 23.9 Å². The summed E-state index contributed by atoms with van der Waals surface area (Å²) in [5.41, 5.74) is -2.05. The van der Waals surface area contributed by atoms with Gasteiger partial charge in [0.2, 0.25) is 10.8 Å². The Kier molecular flexibility index (Phi) is 14.7. The van der Waals surface area contributed by atoms with E-state index in [2.05, 4.69) is 12.6 Å². The van der Waals surface area contributed by atoms with Gasteiger partial charge in [-0.15, -0.1) is 46.6 Å². The van der Waals surface area contributed by atoms with Gasteiger partial charge in [0.15, 0.2) is 10.1 Å². The maximum atomic E-state index is 15.5. The Morgan fingerprint density at radius 3 is 1.26 bits per heavy atom. The van der Waals surface area contributed by atoms with Crippen molar-refractivity contribution < 1.29 is 47.7 Å². The van der Waals surface area contributed by atoms with Crippen molar-refractivity contribution in [2.45, 2.75) is 55.8 Å². The van der Waals surface area contributed by atoms with Gasteiger partial charge in [0.1, 0.15) is 35.5 Å². The highest BCUT2D eigenvalue weighted by molar-refractivity contribution is 8.35. The second kappa shape index (κ2) is 21.6. The largest absolute Gasteiger partial charge is 0.459 e. The molecule has 2 fully saturated rings. The molecule has 1 unspecified atom stereocenters. The van der Waals surface area contributed by atoms with Crippen LogP contribution in [0.3, 0.4) is 0 Å². The number of hydrogen-bond donors (Lipinski definition) is 1. The predicted molar refractivity (Wildman–Crippen MR) is 310 cm³/mol. The van der Waals surface area contributed by atoms with E-state index in [1.165, 1.54) is 32.5 Å². The number of thiophene rings is 3. The van der Waals surface area contributed by atoms with E-state index in [0.717, 1.165) is 34.9 Å². The first-order chi connectivity index (χ1) is 37.4. The molecule has 0 N–H and O–H groups in total. The third-order valence-corrected chi connectivity index (χ3v) is 20.0. The molecule has 388 valence electrons. The number of ether oxygens (including phenoxy) is 4. The molecular weight excluding hydrogens is 1110 g/mol. The Bertz CT molecular complexity index is 3590. The minimum Gasteiger partial charge on any atom is -0.459 e. The maximum absolute atomic E-state index is 15.5. The molecule has 7 aromatic rings. The van der Waals surface area contributed by atoms with Crippen LogP contribution >= 0.6 is 82.4 Å². The molecule has 0 bridgehead atoms. The Morgan fingerprint density at radius 2 is 0.922 bits per heavy atom. The number of carbonyl (C=O) groups excluding carboxylic acids is 6. The number of thiocarbonyl (C=S) groups is 1. The zero-order valence-corrected chi connectivity index (χ0v) is 46.6. The normalized spacial score (nSPS) is 18.3. The number of thioether (sulfide) groups is 2. The van der Waals surface area contributed by atoms with Gasteiger partial charge in [-0.2, -0.15) is 0 Å². The van der Waals surface area contributed by atoms with Gasteiger partial charge in [-0.05, 0) is 60.0 Å². The van der Waals surface area contributed by atoms with Crippen molar-refractivity contribution in [1.29, 1.82) is 0 Å². The number of fused-ring (bicyclic) bond motifs is 7. The van der Waals surface area contributed by atoms with Crippen LogP contribution in [-0.4, -0.2) is 77.7 Å². The monoisotopic (exact) mass is 1150 g/mol.